The number of hydrogen-bond acceptors (Lipinski definition) is 3. The van der Waals surface area contributed by atoms with E-state index in [4.69, 9.17) is 11.6 Å². The van der Waals surface area contributed by atoms with E-state index in [0.717, 1.165) is 37.1 Å². The van der Waals surface area contributed by atoms with Gasteiger partial charge in [0.2, 0.25) is 5.28 Å². The van der Waals surface area contributed by atoms with Crippen molar-refractivity contribution >= 4 is 28.3 Å². The van der Waals surface area contributed by atoms with Crippen LogP contribution in [0.2, 0.25) is 5.28 Å². The second-order valence-electron chi connectivity index (χ2n) is 4.58. The lowest BCUT2D eigenvalue weighted by atomic mass is 10.1. The maximum atomic E-state index is 13.6. The molecule has 5 heteroatoms. The quantitative estimate of drug-likeness (QED) is 0.741. The van der Waals surface area contributed by atoms with Gasteiger partial charge in [-0.25, -0.2) is 9.37 Å². The molecule has 94 valence electrons. The molecule has 0 bridgehead atoms. The normalized spacial score (nSPS) is 15.6. The van der Waals surface area contributed by atoms with Gasteiger partial charge in [-0.05, 0) is 43.5 Å². The Bertz CT molecular complexity index is 609. The SMILES string of the molecule is Cc1c(F)ccc2c(N3CCCC3)nc(Cl)nc12. The van der Waals surface area contributed by atoms with Gasteiger partial charge in [0.1, 0.15) is 11.6 Å². The number of rotatable bonds is 1. The zero-order valence-electron chi connectivity index (χ0n) is 10.1. The highest BCUT2D eigenvalue weighted by Gasteiger charge is 2.19. The molecule has 1 aliphatic heterocycles. The summed E-state index contributed by atoms with van der Waals surface area (Å²) in [5.74, 6) is 0.565. The van der Waals surface area contributed by atoms with Gasteiger partial charge in [-0.15, -0.1) is 0 Å². The van der Waals surface area contributed by atoms with Crippen LogP contribution in [-0.4, -0.2) is 23.1 Å². The first kappa shape index (κ1) is 11.7. The highest BCUT2D eigenvalue weighted by Crippen LogP contribution is 2.30. The van der Waals surface area contributed by atoms with Crippen LogP contribution < -0.4 is 4.90 Å². The van der Waals surface area contributed by atoms with Crippen LogP contribution in [0.25, 0.3) is 10.9 Å². The molecule has 2 aromatic rings. The summed E-state index contributed by atoms with van der Waals surface area (Å²) in [6.07, 6.45) is 2.31. The number of halogens is 2. The van der Waals surface area contributed by atoms with Crippen LogP contribution in [0.4, 0.5) is 10.2 Å². The van der Waals surface area contributed by atoms with E-state index in [-0.39, 0.29) is 11.1 Å². The number of hydrogen-bond donors (Lipinski definition) is 0. The highest BCUT2D eigenvalue weighted by molar-refractivity contribution is 6.28. The Morgan fingerprint density at radius 1 is 1.22 bits per heavy atom. The van der Waals surface area contributed by atoms with Gasteiger partial charge in [0.05, 0.1) is 5.52 Å². The average Bonchev–Trinajstić information content (AvgIpc) is 2.87. The van der Waals surface area contributed by atoms with E-state index < -0.39 is 0 Å². The molecule has 0 radical (unpaired) electrons. The van der Waals surface area contributed by atoms with Crippen molar-refractivity contribution in [1.82, 2.24) is 9.97 Å². The van der Waals surface area contributed by atoms with Crippen molar-refractivity contribution in [3.8, 4) is 0 Å². The van der Waals surface area contributed by atoms with Gasteiger partial charge in [0.15, 0.2) is 0 Å². The molecular weight excluding hydrogens is 253 g/mol. The molecule has 0 unspecified atom stereocenters. The van der Waals surface area contributed by atoms with Gasteiger partial charge in [-0.3, -0.25) is 0 Å². The minimum Gasteiger partial charge on any atom is -0.356 e. The summed E-state index contributed by atoms with van der Waals surface area (Å²) in [6.45, 7) is 3.66. The third-order valence-electron chi connectivity index (χ3n) is 3.41. The van der Waals surface area contributed by atoms with Crippen molar-refractivity contribution in [1.29, 1.82) is 0 Å². The molecule has 0 spiro atoms. The van der Waals surface area contributed by atoms with Gasteiger partial charge < -0.3 is 4.90 Å². The topological polar surface area (TPSA) is 29.0 Å². The largest absolute Gasteiger partial charge is 0.356 e. The maximum absolute atomic E-state index is 13.6. The minimum atomic E-state index is -0.260. The number of aromatic nitrogens is 2. The Kier molecular flexibility index (Phi) is 2.82. The molecule has 0 aliphatic carbocycles. The zero-order chi connectivity index (χ0) is 12.7. The molecule has 0 amide bonds. The predicted molar refractivity (Wildman–Crippen MR) is 70.7 cm³/mol. The Morgan fingerprint density at radius 3 is 2.67 bits per heavy atom. The molecule has 3 nitrogen and oxygen atoms in total. The van der Waals surface area contributed by atoms with Gasteiger partial charge in [-0.2, -0.15) is 4.98 Å². The first-order valence-corrected chi connectivity index (χ1v) is 6.42. The summed E-state index contributed by atoms with van der Waals surface area (Å²) >= 11 is 5.96. The third-order valence-corrected chi connectivity index (χ3v) is 3.58. The van der Waals surface area contributed by atoms with Gasteiger partial charge in [0, 0.05) is 24.0 Å². The smallest absolute Gasteiger partial charge is 0.224 e. The molecule has 3 rings (SSSR count). The fraction of sp³-hybridized carbons (Fsp3) is 0.385. The van der Waals surface area contributed by atoms with Crippen molar-refractivity contribution in [2.75, 3.05) is 18.0 Å². The van der Waals surface area contributed by atoms with Gasteiger partial charge in [-0.1, -0.05) is 0 Å². The summed E-state index contributed by atoms with van der Waals surface area (Å²) in [5, 5.41) is 1.05. The molecule has 0 N–H and O–H groups in total. The highest BCUT2D eigenvalue weighted by atomic mass is 35.5. The van der Waals surface area contributed by atoms with Crippen LogP contribution in [0.1, 0.15) is 18.4 Å². The van der Waals surface area contributed by atoms with Gasteiger partial charge >= 0.3 is 0 Å². The lowest BCUT2D eigenvalue weighted by molar-refractivity contribution is 0.620. The molecule has 2 heterocycles. The van der Waals surface area contributed by atoms with Crippen LogP contribution in [0.15, 0.2) is 12.1 Å². The second-order valence-corrected chi connectivity index (χ2v) is 4.92. The van der Waals surface area contributed by atoms with Crippen molar-refractivity contribution in [2.24, 2.45) is 0 Å². The fourth-order valence-electron chi connectivity index (χ4n) is 2.43. The molecule has 0 saturated carbocycles. The minimum absolute atomic E-state index is 0.179. The summed E-state index contributed by atoms with van der Waals surface area (Å²) in [5.41, 5.74) is 1.13. The lowest BCUT2D eigenvalue weighted by Gasteiger charge is -2.18. The Labute approximate surface area is 110 Å². The summed E-state index contributed by atoms with van der Waals surface area (Å²) in [7, 11) is 0. The monoisotopic (exact) mass is 265 g/mol. The zero-order valence-corrected chi connectivity index (χ0v) is 10.8. The molecule has 1 fully saturated rings. The van der Waals surface area contributed by atoms with E-state index in [1.807, 2.05) is 0 Å². The first-order valence-electron chi connectivity index (χ1n) is 6.04. The number of anilines is 1. The van der Waals surface area contributed by atoms with Crippen molar-refractivity contribution in [3.05, 3.63) is 28.8 Å². The van der Waals surface area contributed by atoms with E-state index in [1.165, 1.54) is 6.07 Å². The predicted octanol–water partition coefficient (Wildman–Crippen LogP) is 3.33. The van der Waals surface area contributed by atoms with Crippen molar-refractivity contribution < 1.29 is 4.39 Å². The molecule has 1 aliphatic rings. The van der Waals surface area contributed by atoms with E-state index in [1.54, 1.807) is 13.0 Å². The molecule has 1 aromatic carbocycles. The van der Waals surface area contributed by atoms with E-state index in [9.17, 15) is 4.39 Å². The Morgan fingerprint density at radius 2 is 1.94 bits per heavy atom. The first-order chi connectivity index (χ1) is 8.66. The molecule has 1 saturated heterocycles. The molecule has 0 atom stereocenters. The molecular formula is C13H13ClFN3. The lowest BCUT2D eigenvalue weighted by Crippen LogP contribution is -2.19. The number of nitrogens with zero attached hydrogens (tertiary/aromatic N) is 3. The van der Waals surface area contributed by atoms with E-state index in [2.05, 4.69) is 14.9 Å². The second kappa shape index (κ2) is 4.35. The summed E-state index contributed by atoms with van der Waals surface area (Å²) in [4.78, 5) is 10.7. The van der Waals surface area contributed by atoms with Crippen LogP contribution in [0, 0.1) is 12.7 Å². The average molecular weight is 266 g/mol. The number of aryl methyl sites for hydroxylation is 1. The van der Waals surface area contributed by atoms with Gasteiger partial charge in [0.25, 0.3) is 0 Å². The van der Waals surface area contributed by atoms with Crippen LogP contribution in [0.3, 0.4) is 0 Å². The number of fused-ring (bicyclic) bond motifs is 1. The van der Waals surface area contributed by atoms with Crippen molar-refractivity contribution in [2.45, 2.75) is 19.8 Å². The van der Waals surface area contributed by atoms with Crippen molar-refractivity contribution in [3.63, 3.8) is 0 Å². The van der Waals surface area contributed by atoms with E-state index in [0.29, 0.717) is 11.1 Å². The summed E-state index contributed by atoms with van der Waals surface area (Å²) in [6, 6.07) is 3.20. The fourth-order valence-corrected chi connectivity index (χ4v) is 2.60. The van der Waals surface area contributed by atoms with E-state index >= 15 is 0 Å². The molecule has 1 aromatic heterocycles. The number of benzene rings is 1. The summed E-state index contributed by atoms with van der Waals surface area (Å²) < 4.78 is 13.6. The Hall–Kier alpha value is -1.42. The standard InChI is InChI=1S/C13H13ClFN3/c1-8-10(15)5-4-9-11(8)16-13(14)17-12(9)18-6-2-3-7-18/h4-5H,2-3,6-7H2,1H3. The van der Waals surface area contributed by atoms with Crippen LogP contribution in [0.5, 0.6) is 0 Å². The van der Waals surface area contributed by atoms with Crippen LogP contribution in [-0.2, 0) is 0 Å². The van der Waals surface area contributed by atoms with Crippen LogP contribution >= 0.6 is 11.6 Å². The maximum Gasteiger partial charge on any atom is 0.224 e. The Balaban J connectivity index is 2.27. The third kappa shape index (κ3) is 1.81. The molecule has 18 heavy (non-hydrogen) atoms.